The molecule has 0 radical (unpaired) electrons. The molecule has 0 saturated carbocycles. The molecule has 0 bridgehead atoms. The van der Waals surface area contributed by atoms with Crippen LogP contribution in [0, 0.1) is 11.3 Å². The molecule has 0 heterocycles. The first kappa shape index (κ1) is 11.9. The van der Waals surface area contributed by atoms with Gasteiger partial charge in [0.25, 0.3) is 0 Å². The Bertz CT molecular complexity index is 105. The Morgan fingerprint density at radius 2 is 1.92 bits per heavy atom. The second kappa shape index (κ2) is 5.55. The summed E-state index contributed by atoms with van der Waals surface area (Å²) in [6, 6.07) is 0. The summed E-state index contributed by atoms with van der Waals surface area (Å²) in [4.78, 5) is 0. The molecular formula is C10H24N2. The third-order valence-corrected chi connectivity index (χ3v) is 1.81. The summed E-state index contributed by atoms with van der Waals surface area (Å²) in [5, 5.41) is 3.45. The highest BCUT2D eigenvalue weighted by atomic mass is 14.9. The minimum absolute atomic E-state index is 0.391. The van der Waals surface area contributed by atoms with Crippen molar-refractivity contribution in [2.24, 2.45) is 17.1 Å². The Labute approximate surface area is 76.9 Å². The van der Waals surface area contributed by atoms with Gasteiger partial charge in [0.05, 0.1) is 0 Å². The van der Waals surface area contributed by atoms with Crippen LogP contribution in [0.15, 0.2) is 0 Å². The van der Waals surface area contributed by atoms with Crippen LogP contribution in [0.1, 0.15) is 34.1 Å². The van der Waals surface area contributed by atoms with Crippen LogP contribution < -0.4 is 11.1 Å². The van der Waals surface area contributed by atoms with Gasteiger partial charge in [-0.05, 0) is 37.4 Å². The van der Waals surface area contributed by atoms with Crippen molar-refractivity contribution in [2.75, 3.05) is 19.6 Å². The highest BCUT2D eigenvalue weighted by Crippen LogP contribution is 2.10. The molecule has 0 fully saturated rings. The molecule has 2 heteroatoms. The van der Waals surface area contributed by atoms with Crippen LogP contribution >= 0.6 is 0 Å². The van der Waals surface area contributed by atoms with Gasteiger partial charge < -0.3 is 11.1 Å². The first-order valence-electron chi connectivity index (χ1n) is 4.86. The molecule has 0 amide bonds. The summed E-state index contributed by atoms with van der Waals surface area (Å²) in [5.74, 6) is 0.706. The maximum atomic E-state index is 5.46. The van der Waals surface area contributed by atoms with Crippen LogP contribution in [0.25, 0.3) is 0 Å². The molecule has 0 saturated heterocycles. The minimum atomic E-state index is 0.391. The second-order valence-electron chi connectivity index (χ2n) is 4.87. The molecule has 1 atom stereocenters. The number of rotatable bonds is 5. The van der Waals surface area contributed by atoms with Gasteiger partial charge in [0, 0.05) is 0 Å². The number of hydrogen-bond donors (Lipinski definition) is 2. The quantitative estimate of drug-likeness (QED) is 0.661. The van der Waals surface area contributed by atoms with E-state index in [4.69, 9.17) is 5.73 Å². The molecule has 12 heavy (non-hydrogen) atoms. The molecular weight excluding hydrogens is 148 g/mol. The van der Waals surface area contributed by atoms with Crippen LogP contribution in [-0.2, 0) is 0 Å². The van der Waals surface area contributed by atoms with Gasteiger partial charge in [-0.2, -0.15) is 0 Å². The molecule has 0 spiro atoms. The molecule has 0 aliphatic heterocycles. The van der Waals surface area contributed by atoms with Crippen LogP contribution in [0.3, 0.4) is 0 Å². The molecule has 0 aromatic carbocycles. The second-order valence-corrected chi connectivity index (χ2v) is 4.87. The monoisotopic (exact) mass is 172 g/mol. The van der Waals surface area contributed by atoms with E-state index in [1.54, 1.807) is 0 Å². The Hall–Kier alpha value is -0.0800. The molecule has 0 aliphatic carbocycles. The molecule has 0 aromatic heterocycles. The predicted molar refractivity (Wildman–Crippen MR) is 55.2 cm³/mol. The van der Waals surface area contributed by atoms with Crippen molar-refractivity contribution in [2.45, 2.75) is 34.1 Å². The molecule has 1 unspecified atom stereocenters. The summed E-state index contributed by atoms with van der Waals surface area (Å²) >= 11 is 0. The Kier molecular flexibility index (Phi) is 5.51. The third-order valence-electron chi connectivity index (χ3n) is 1.81. The van der Waals surface area contributed by atoms with Gasteiger partial charge in [-0.3, -0.25) is 0 Å². The maximum absolute atomic E-state index is 5.46. The SMILES string of the molecule is CC(CCN)CNCC(C)(C)C. The summed E-state index contributed by atoms with van der Waals surface area (Å²) < 4.78 is 0. The average Bonchev–Trinajstić information content (AvgIpc) is 1.84. The summed E-state index contributed by atoms with van der Waals surface area (Å²) in [7, 11) is 0. The van der Waals surface area contributed by atoms with Gasteiger partial charge in [0.1, 0.15) is 0 Å². The number of hydrogen-bond acceptors (Lipinski definition) is 2. The van der Waals surface area contributed by atoms with Crippen molar-refractivity contribution < 1.29 is 0 Å². The maximum Gasteiger partial charge on any atom is -0.00000114 e. The minimum Gasteiger partial charge on any atom is -0.330 e. The van der Waals surface area contributed by atoms with E-state index in [1.165, 1.54) is 0 Å². The topological polar surface area (TPSA) is 38.0 Å². The standard InChI is InChI=1S/C10H24N2/c1-9(5-6-11)7-12-8-10(2,3)4/h9,12H,5-8,11H2,1-4H3. The molecule has 74 valence electrons. The van der Waals surface area contributed by atoms with Gasteiger partial charge in [-0.25, -0.2) is 0 Å². The van der Waals surface area contributed by atoms with Crippen molar-refractivity contribution in [3.05, 3.63) is 0 Å². The smallest absolute Gasteiger partial charge is 0.00000114 e. The van der Waals surface area contributed by atoms with Crippen molar-refractivity contribution in [3.8, 4) is 0 Å². The van der Waals surface area contributed by atoms with Gasteiger partial charge in [-0.1, -0.05) is 27.7 Å². The van der Waals surface area contributed by atoms with Crippen LogP contribution in [0.5, 0.6) is 0 Å². The average molecular weight is 172 g/mol. The zero-order chi connectivity index (χ0) is 9.61. The van der Waals surface area contributed by atoms with E-state index < -0.39 is 0 Å². The fourth-order valence-corrected chi connectivity index (χ4v) is 1.08. The lowest BCUT2D eigenvalue weighted by atomic mass is 9.96. The van der Waals surface area contributed by atoms with E-state index in [9.17, 15) is 0 Å². The lowest BCUT2D eigenvalue weighted by molar-refractivity contribution is 0.359. The lowest BCUT2D eigenvalue weighted by Gasteiger charge is -2.20. The Morgan fingerprint density at radius 3 is 2.33 bits per heavy atom. The summed E-state index contributed by atoms with van der Waals surface area (Å²) in [6.45, 7) is 12.0. The van der Waals surface area contributed by atoms with E-state index in [-0.39, 0.29) is 0 Å². The Morgan fingerprint density at radius 1 is 1.33 bits per heavy atom. The third kappa shape index (κ3) is 8.02. The Balaban J connectivity index is 3.31. The van der Waals surface area contributed by atoms with Crippen LogP contribution in [-0.4, -0.2) is 19.6 Å². The van der Waals surface area contributed by atoms with Gasteiger partial charge in [0.2, 0.25) is 0 Å². The summed E-state index contributed by atoms with van der Waals surface area (Å²) in [5.41, 5.74) is 5.85. The van der Waals surface area contributed by atoms with E-state index in [2.05, 4.69) is 33.0 Å². The molecule has 3 N–H and O–H groups in total. The van der Waals surface area contributed by atoms with E-state index in [0.717, 1.165) is 26.1 Å². The number of nitrogens with one attached hydrogen (secondary N) is 1. The van der Waals surface area contributed by atoms with Crippen molar-refractivity contribution in [1.82, 2.24) is 5.32 Å². The van der Waals surface area contributed by atoms with E-state index in [1.807, 2.05) is 0 Å². The first-order chi connectivity index (χ1) is 5.45. The van der Waals surface area contributed by atoms with Gasteiger partial charge >= 0.3 is 0 Å². The zero-order valence-corrected chi connectivity index (χ0v) is 8.98. The number of nitrogens with two attached hydrogens (primary N) is 1. The summed E-state index contributed by atoms with van der Waals surface area (Å²) in [6.07, 6.45) is 1.12. The first-order valence-corrected chi connectivity index (χ1v) is 4.86. The largest absolute Gasteiger partial charge is 0.330 e. The fourth-order valence-electron chi connectivity index (χ4n) is 1.08. The van der Waals surface area contributed by atoms with E-state index in [0.29, 0.717) is 11.3 Å². The highest BCUT2D eigenvalue weighted by molar-refractivity contribution is 4.66. The molecule has 0 aliphatic rings. The van der Waals surface area contributed by atoms with Crippen LogP contribution in [0.4, 0.5) is 0 Å². The van der Waals surface area contributed by atoms with Crippen molar-refractivity contribution in [3.63, 3.8) is 0 Å². The van der Waals surface area contributed by atoms with E-state index >= 15 is 0 Å². The lowest BCUT2D eigenvalue weighted by Crippen LogP contribution is -2.30. The predicted octanol–water partition coefficient (Wildman–Crippen LogP) is 1.61. The zero-order valence-electron chi connectivity index (χ0n) is 8.98. The molecule has 0 aromatic rings. The normalized spacial score (nSPS) is 14.8. The van der Waals surface area contributed by atoms with Crippen molar-refractivity contribution >= 4 is 0 Å². The van der Waals surface area contributed by atoms with Crippen LogP contribution in [0.2, 0.25) is 0 Å². The molecule has 2 nitrogen and oxygen atoms in total. The van der Waals surface area contributed by atoms with Crippen molar-refractivity contribution in [1.29, 1.82) is 0 Å². The van der Waals surface area contributed by atoms with Gasteiger partial charge in [-0.15, -0.1) is 0 Å². The van der Waals surface area contributed by atoms with Gasteiger partial charge in [0.15, 0.2) is 0 Å². The highest BCUT2D eigenvalue weighted by Gasteiger charge is 2.09. The molecule has 0 rings (SSSR count). The fraction of sp³-hybridized carbons (Fsp3) is 1.00.